The van der Waals surface area contributed by atoms with E-state index in [1.807, 2.05) is 12.1 Å². The predicted molar refractivity (Wildman–Crippen MR) is 181 cm³/mol. The van der Waals surface area contributed by atoms with Gasteiger partial charge in [-0.1, -0.05) is 119 Å². The van der Waals surface area contributed by atoms with Gasteiger partial charge >= 0.3 is 0 Å². The topological polar surface area (TPSA) is 23.5 Å². The van der Waals surface area contributed by atoms with E-state index in [1.165, 1.54) is 77.7 Å². The second-order valence-electron chi connectivity index (χ2n) is 13.4. The summed E-state index contributed by atoms with van der Waals surface area (Å²) in [5, 5.41) is 10.5. The fourth-order valence-electron chi connectivity index (χ4n) is 8.89. The zero-order valence-corrected chi connectivity index (χ0v) is 25.6. The second-order valence-corrected chi connectivity index (χ2v) is 13.4. The number of rotatable bonds is 2. The van der Waals surface area contributed by atoms with E-state index in [0.717, 1.165) is 11.1 Å². The van der Waals surface area contributed by atoms with Crippen molar-refractivity contribution in [3.63, 3.8) is 0 Å². The quantitative estimate of drug-likeness (QED) is 0.320. The van der Waals surface area contributed by atoms with Gasteiger partial charge in [-0.3, -0.25) is 0 Å². The molecule has 5 aromatic carbocycles. The van der Waals surface area contributed by atoms with E-state index in [0.29, 0.717) is 5.75 Å². The number of nitrogens with zero attached hydrogens (tertiary/aromatic N) is 1. The van der Waals surface area contributed by atoms with Crippen molar-refractivity contribution < 1.29 is 5.11 Å². The number of benzene rings is 5. The van der Waals surface area contributed by atoms with E-state index in [9.17, 15) is 5.11 Å². The molecule has 204 valence electrons. The molecule has 0 spiro atoms. The number of anilines is 3. The first-order valence-corrected chi connectivity index (χ1v) is 15.2. The Labute approximate surface area is 250 Å². The van der Waals surface area contributed by atoms with Crippen molar-refractivity contribution in [3.8, 4) is 5.75 Å². The lowest BCUT2D eigenvalue weighted by atomic mass is 9.29. The van der Waals surface area contributed by atoms with E-state index in [-0.39, 0.29) is 18.8 Å². The molecular formula is C38H35B2NO. The molecule has 0 saturated carbocycles. The number of para-hydroxylation sites is 3. The highest BCUT2D eigenvalue weighted by molar-refractivity contribution is 7.02. The Bertz CT molecular complexity index is 1820. The maximum atomic E-state index is 10.5. The lowest BCUT2D eigenvalue weighted by Gasteiger charge is -2.51. The highest BCUT2D eigenvalue weighted by Gasteiger charge is 2.50. The lowest BCUT2D eigenvalue weighted by molar-refractivity contribution is 0.474. The molecule has 0 aliphatic carbocycles. The van der Waals surface area contributed by atoms with Crippen molar-refractivity contribution in [3.05, 3.63) is 118 Å². The van der Waals surface area contributed by atoms with Crippen LogP contribution in [0, 0.1) is 34.6 Å². The number of aryl methyl sites for hydroxylation is 5. The van der Waals surface area contributed by atoms with Crippen molar-refractivity contribution in [1.29, 1.82) is 0 Å². The first-order valence-electron chi connectivity index (χ1n) is 15.2. The van der Waals surface area contributed by atoms with E-state index in [1.54, 1.807) is 0 Å². The molecule has 42 heavy (non-hydrogen) atoms. The maximum Gasteiger partial charge on any atom is 0.247 e. The van der Waals surface area contributed by atoms with Crippen LogP contribution in [0.2, 0.25) is 0 Å². The Kier molecular flexibility index (Phi) is 5.13. The third-order valence-electron chi connectivity index (χ3n) is 10.4. The molecule has 3 heterocycles. The minimum absolute atomic E-state index is 0.0789. The summed E-state index contributed by atoms with van der Waals surface area (Å²) in [5.74, 6) is 0.335. The summed E-state index contributed by atoms with van der Waals surface area (Å²) in [6, 6.07) is 29.5. The number of hydrogen-bond acceptors (Lipinski definition) is 2. The molecule has 0 saturated heterocycles. The Morgan fingerprint density at radius 2 is 0.929 bits per heavy atom. The third kappa shape index (κ3) is 3.13. The van der Waals surface area contributed by atoms with Crippen LogP contribution >= 0.6 is 0 Å². The number of aromatic hydroxyl groups is 1. The Hall–Kier alpha value is -4.17. The second kappa shape index (κ2) is 8.44. The van der Waals surface area contributed by atoms with Gasteiger partial charge in [0.2, 0.25) is 13.4 Å². The van der Waals surface area contributed by atoms with Crippen molar-refractivity contribution in [2.75, 3.05) is 4.90 Å². The molecule has 4 heteroatoms. The summed E-state index contributed by atoms with van der Waals surface area (Å²) in [6.45, 7) is 16.1. The molecule has 0 aromatic heterocycles. The molecule has 3 aliphatic heterocycles. The standard InChI is InChI=1S/C38H35B2NO/c1-21-17-22(2)33(23(3)18-21)39-29-13-8-11-27-35(29)41-36-28(38(27,6)7)12-9-14-30(36)40(32-16-10-15-31(39)37(32)41)34-24(4)19-26(42)20-25(34)5/h8-20,42H,1-7H3. The average Bonchev–Trinajstić information content (AvgIpc) is 2.93. The lowest BCUT2D eigenvalue weighted by Crippen LogP contribution is -2.67. The molecule has 0 bridgehead atoms. The highest BCUT2D eigenvalue weighted by atomic mass is 16.3. The van der Waals surface area contributed by atoms with Crippen molar-refractivity contribution in [2.45, 2.75) is 53.9 Å². The average molecular weight is 543 g/mol. The molecular weight excluding hydrogens is 508 g/mol. The third-order valence-corrected chi connectivity index (χ3v) is 10.4. The number of phenols is 1. The van der Waals surface area contributed by atoms with Gasteiger partial charge in [-0.25, -0.2) is 0 Å². The van der Waals surface area contributed by atoms with Gasteiger partial charge in [0, 0.05) is 22.5 Å². The predicted octanol–water partition coefficient (Wildman–Crippen LogP) is 4.70. The fourth-order valence-corrected chi connectivity index (χ4v) is 8.89. The van der Waals surface area contributed by atoms with Gasteiger partial charge in [-0.2, -0.15) is 0 Å². The van der Waals surface area contributed by atoms with Crippen LogP contribution in [-0.2, 0) is 5.41 Å². The van der Waals surface area contributed by atoms with Crippen LogP contribution in [0.4, 0.5) is 17.1 Å². The van der Waals surface area contributed by atoms with Gasteiger partial charge in [0.25, 0.3) is 0 Å². The molecule has 3 aliphatic rings. The highest BCUT2D eigenvalue weighted by Crippen LogP contribution is 2.52. The van der Waals surface area contributed by atoms with Crippen molar-refractivity contribution in [1.82, 2.24) is 0 Å². The first-order chi connectivity index (χ1) is 20.1. The molecule has 5 aromatic rings. The summed E-state index contributed by atoms with van der Waals surface area (Å²) >= 11 is 0. The maximum absolute atomic E-state index is 10.5. The Morgan fingerprint density at radius 3 is 1.38 bits per heavy atom. The Balaban J connectivity index is 1.55. The summed E-state index contributed by atoms with van der Waals surface area (Å²) < 4.78 is 0. The molecule has 0 amide bonds. The molecule has 0 fully saturated rings. The van der Waals surface area contributed by atoms with E-state index in [4.69, 9.17) is 0 Å². The van der Waals surface area contributed by atoms with E-state index < -0.39 is 0 Å². The normalized spacial score (nSPS) is 15.2. The van der Waals surface area contributed by atoms with E-state index in [2.05, 4.69) is 120 Å². The summed E-state index contributed by atoms with van der Waals surface area (Å²) in [4.78, 5) is 2.63. The number of phenolic OH excluding ortho intramolecular Hbond substituents is 1. The van der Waals surface area contributed by atoms with Gasteiger partial charge in [0.1, 0.15) is 5.75 Å². The number of hydrogen-bond donors (Lipinski definition) is 1. The van der Waals surface area contributed by atoms with Crippen LogP contribution in [0.15, 0.2) is 78.9 Å². The van der Waals surface area contributed by atoms with Crippen molar-refractivity contribution >= 4 is 63.3 Å². The van der Waals surface area contributed by atoms with Crippen LogP contribution < -0.4 is 37.7 Å². The molecule has 0 radical (unpaired) electrons. The minimum Gasteiger partial charge on any atom is -0.508 e. The smallest absolute Gasteiger partial charge is 0.247 e. The molecule has 1 N–H and O–H groups in total. The molecule has 0 atom stereocenters. The SMILES string of the molecule is Cc1cc(C)c(B2c3cccc4c3N3c5c2cccc5C(C)(C)c2cccc(c23)B4c2c(C)cc(O)cc2C)c(C)c1. The van der Waals surface area contributed by atoms with Crippen LogP contribution in [0.1, 0.15) is 52.8 Å². The summed E-state index contributed by atoms with van der Waals surface area (Å²) in [7, 11) is 0. The summed E-state index contributed by atoms with van der Waals surface area (Å²) in [5.41, 5.74) is 21.2. The molecule has 8 rings (SSSR count). The summed E-state index contributed by atoms with van der Waals surface area (Å²) in [6.07, 6.45) is 0. The molecule has 0 unspecified atom stereocenters. The Morgan fingerprint density at radius 1 is 0.548 bits per heavy atom. The van der Waals surface area contributed by atoms with Crippen LogP contribution in [0.25, 0.3) is 0 Å². The largest absolute Gasteiger partial charge is 0.508 e. The van der Waals surface area contributed by atoms with Crippen LogP contribution in [0.5, 0.6) is 5.75 Å². The van der Waals surface area contributed by atoms with Gasteiger partial charge in [-0.05, 0) is 79.7 Å². The molecule has 2 nitrogen and oxygen atoms in total. The zero-order valence-electron chi connectivity index (χ0n) is 25.6. The van der Waals surface area contributed by atoms with Crippen molar-refractivity contribution in [2.24, 2.45) is 0 Å². The van der Waals surface area contributed by atoms with Crippen LogP contribution in [-0.4, -0.2) is 18.5 Å². The van der Waals surface area contributed by atoms with Gasteiger partial charge in [0.15, 0.2) is 0 Å². The fraction of sp³-hybridized carbons (Fsp3) is 0.211. The van der Waals surface area contributed by atoms with Gasteiger partial charge in [-0.15, -0.1) is 0 Å². The first kappa shape index (κ1) is 25.5. The minimum atomic E-state index is -0.150. The zero-order chi connectivity index (χ0) is 29.2. The monoisotopic (exact) mass is 543 g/mol. The van der Waals surface area contributed by atoms with Gasteiger partial charge < -0.3 is 10.0 Å². The van der Waals surface area contributed by atoms with Crippen LogP contribution in [0.3, 0.4) is 0 Å². The van der Waals surface area contributed by atoms with E-state index >= 15 is 0 Å². The van der Waals surface area contributed by atoms with Gasteiger partial charge in [0.05, 0.1) is 0 Å².